The molecule has 0 aromatic rings. The molecule has 0 aromatic carbocycles. The maximum absolute atomic E-state index is 5.37. The van der Waals surface area contributed by atoms with Crippen LogP contribution in [0.25, 0.3) is 0 Å². The lowest BCUT2D eigenvalue weighted by Gasteiger charge is -2.24. The van der Waals surface area contributed by atoms with Gasteiger partial charge >= 0.3 is 8.80 Å². The zero-order valence-corrected chi connectivity index (χ0v) is 11.7. The Kier molecular flexibility index (Phi) is 6.53. The zero-order valence-electron chi connectivity index (χ0n) is 10.7. The molecule has 16 heavy (non-hydrogen) atoms. The summed E-state index contributed by atoms with van der Waals surface area (Å²) in [6.07, 6.45) is 6.67. The minimum atomic E-state index is -2.31. The molecule has 0 spiro atoms. The normalized spacial score (nSPS) is 20.1. The van der Waals surface area contributed by atoms with E-state index in [0.29, 0.717) is 6.10 Å². The minimum absolute atomic E-state index is 0.574. The van der Waals surface area contributed by atoms with Gasteiger partial charge in [0.25, 0.3) is 0 Å². The molecule has 1 heterocycles. The Hall–Kier alpha value is 0.0569. The SMILES string of the molecule is CO[Si](CCCCCCC1CO1)(OC)OC. The van der Waals surface area contributed by atoms with Gasteiger partial charge < -0.3 is 18.0 Å². The van der Waals surface area contributed by atoms with Crippen LogP contribution in [0.5, 0.6) is 0 Å². The van der Waals surface area contributed by atoms with Crippen molar-refractivity contribution in [2.24, 2.45) is 0 Å². The number of epoxide rings is 1. The molecule has 96 valence electrons. The van der Waals surface area contributed by atoms with Crippen molar-refractivity contribution in [3.63, 3.8) is 0 Å². The van der Waals surface area contributed by atoms with E-state index in [1.807, 2.05) is 0 Å². The molecule has 1 rings (SSSR count). The van der Waals surface area contributed by atoms with Crippen molar-refractivity contribution in [2.45, 2.75) is 44.3 Å². The summed E-state index contributed by atoms with van der Waals surface area (Å²) in [4.78, 5) is 0. The summed E-state index contributed by atoms with van der Waals surface area (Å²) < 4.78 is 21.3. The van der Waals surface area contributed by atoms with Gasteiger partial charge in [-0.1, -0.05) is 19.3 Å². The number of unbranched alkanes of at least 4 members (excludes halogenated alkanes) is 3. The molecule has 1 saturated heterocycles. The summed E-state index contributed by atoms with van der Waals surface area (Å²) in [5.74, 6) is 0. The van der Waals surface area contributed by atoms with E-state index < -0.39 is 8.80 Å². The number of hydrogen-bond donors (Lipinski definition) is 0. The Morgan fingerprint density at radius 1 is 1.00 bits per heavy atom. The van der Waals surface area contributed by atoms with E-state index in [1.54, 1.807) is 21.3 Å². The lowest BCUT2D eigenvalue weighted by Crippen LogP contribution is -2.42. The van der Waals surface area contributed by atoms with Crippen LogP contribution < -0.4 is 0 Å². The van der Waals surface area contributed by atoms with E-state index in [2.05, 4.69) is 0 Å². The maximum Gasteiger partial charge on any atom is 0.500 e. The lowest BCUT2D eigenvalue weighted by molar-refractivity contribution is 0.122. The molecule has 0 bridgehead atoms. The molecule has 0 aromatic heterocycles. The van der Waals surface area contributed by atoms with Crippen LogP contribution >= 0.6 is 0 Å². The van der Waals surface area contributed by atoms with E-state index in [1.165, 1.54) is 25.7 Å². The summed E-state index contributed by atoms with van der Waals surface area (Å²) >= 11 is 0. The third-order valence-electron chi connectivity index (χ3n) is 3.09. The zero-order chi connectivity index (χ0) is 11.9. The highest BCUT2D eigenvalue weighted by molar-refractivity contribution is 6.60. The van der Waals surface area contributed by atoms with Crippen molar-refractivity contribution in [1.82, 2.24) is 0 Å². The minimum Gasteiger partial charge on any atom is -0.377 e. The van der Waals surface area contributed by atoms with Crippen LogP contribution in [0.3, 0.4) is 0 Å². The predicted octanol–water partition coefficient (Wildman–Crippen LogP) is 2.21. The summed E-state index contributed by atoms with van der Waals surface area (Å²) in [7, 11) is 2.70. The summed E-state index contributed by atoms with van der Waals surface area (Å²) in [5, 5.41) is 0. The highest BCUT2D eigenvalue weighted by atomic mass is 28.4. The Bertz CT molecular complexity index is 173. The Morgan fingerprint density at radius 2 is 1.56 bits per heavy atom. The van der Waals surface area contributed by atoms with Gasteiger partial charge in [0.05, 0.1) is 12.7 Å². The van der Waals surface area contributed by atoms with Crippen LogP contribution in [0.15, 0.2) is 0 Å². The molecule has 0 radical (unpaired) electrons. The van der Waals surface area contributed by atoms with Crippen molar-refractivity contribution in [3.8, 4) is 0 Å². The van der Waals surface area contributed by atoms with E-state index in [0.717, 1.165) is 19.1 Å². The molecule has 1 fully saturated rings. The first-order valence-corrected chi connectivity index (χ1v) is 7.96. The molecule has 1 unspecified atom stereocenters. The van der Waals surface area contributed by atoms with Gasteiger partial charge in [-0.3, -0.25) is 0 Å². The topological polar surface area (TPSA) is 40.2 Å². The van der Waals surface area contributed by atoms with E-state index in [-0.39, 0.29) is 0 Å². The van der Waals surface area contributed by atoms with Crippen LogP contribution in [0.2, 0.25) is 6.04 Å². The van der Waals surface area contributed by atoms with E-state index >= 15 is 0 Å². The first-order chi connectivity index (χ1) is 7.76. The quantitative estimate of drug-likeness (QED) is 0.338. The van der Waals surface area contributed by atoms with Crippen LogP contribution in [-0.2, 0) is 18.0 Å². The first-order valence-electron chi connectivity index (χ1n) is 6.03. The number of rotatable bonds is 10. The molecular formula is C11H24O4Si. The lowest BCUT2D eigenvalue weighted by atomic mass is 10.1. The second-order valence-electron chi connectivity index (χ2n) is 4.20. The molecule has 1 aliphatic heterocycles. The second-order valence-corrected chi connectivity index (χ2v) is 7.29. The smallest absolute Gasteiger partial charge is 0.377 e. The Morgan fingerprint density at radius 3 is 2.06 bits per heavy atom. The predicted molar refractivity (Wildman–Crippen MR) is 64.4 cm³/mol. The second kappa shape index (κ2) is 7.40. The number of ether oxygens (including phenoxy) is 1. The van der Waals surface area contributed by atoms with Gasteiger partial charge in [-0.15, -0.1) is 0 Å². The molecule has 0 saturated carbocycles. The molecule has 0 N–H and O–H groups in total. The first kappa shape index (κ1) is 14.1. The monoisotopic (exact) mass is 248 g/mol. The highest BCUT2D eigenvalue weighted by Crippen LogP contribution is 2.20. The molecule has 0 aliphatic carbocycles. The van der Waals surface area contributed by atoms with Gasteiger partial charge in [-0.25, -0.2) is 0 Å². The molecule has 5 heteroatoms. The van der Waals surface area contributed by atoms with Crippen molar-refractivity contribution in [2.75, 3.05) is 27.9 Å². The van der Waals surface area contributed by atoms with Gasteiger partial charge in [-0.05, 0) is 12.8 Å². The summed E-state index contributed by atoms with van der Waals surface area (Å²) in [5.41, 5.74) is 0. The Labute approximate surface area is 99.6 Å². The van der Waals surface area contributed by atoms with Crippen LogP contribution in [0, 0.1) is 0 Å². The van der Waals surface area contributed by atoms with Gasteiger partial charge in [0.15, 0.2) is 0 Å². The molecule has 1 aliphatic rings. The van der Waals surface area contributed by atoms with Gasteiger partial charge in [0.1, 0.15) is 0 Å². The summed E-state index contributed by atoms with van der Waals surface area (Å²) in [6, 6.07) is 0.913. The standard InChI is InChI=1S/C11H24O4Si/c1-12-16(13-2,14-3)9-7-5-4-6-8-11-10-15-11/h11H,4-10H2,1-3H3. The summed E-state index contributed by atoms with van der Waals surface area (Å²) in [6.45, 7) is 0.979. The van der Waals surface area contributed by atoms with Crippen molar-refractivity contribution >= 4 is 8.80 Å². The molecule has 0 amide bonds. The molecule has 4 nitrogen and oxygen atoms in total. The largest absolute Gasteiger partial charge is 0.500 e. The molecule has 1 atom stereocenters. The third kappa shape index (κ3) is 4.93. The van der Waals surface area contributed by atoms with Crippen LogP contribution in [0.1, 0.15) is 32.1 Å². The average molecular weight is 248 g/mol. The highest BCUT2D eigenvalue weighted by Gasteiger charge is 2.36. The third-order valence-corrected chi connectivity index (χ3v) is 5.93. The average Bonchev–Trinajstić information content (AvgIpc) is 3.13. The Balaban J connectivity index is 1.98. The molecular weight excluding hydrogens is 224 g/mol. The van der Waals surface area contributed by atoms with E-state index in [9.17, 15) is 0 Å². The van der Waals surface area contributed by atoms with Gasteiger partial charge in [0.2, 0.25) is 0 Å². The van der Waals surface area contributed by atoms with Crippen molar-refractivity contribution in [3.05, 3.63) is 0 Å². The maximum atomic E-state index is 5.37. The van der Waals surface area contributed by atoms with Crippen molar-refractivity contribution < 1.29 is 18.0 Å². The van der Waals surface area contributed by atoms with Crippen LogP contribution in [0.4, 0.5) is 0 Å². The van der Waals surface area contributed by atoms with E-state index in [4.69, 9.17) is 18.0 Å². The fraction of sp³-hybridized carbons (Fsp3) is 1.00. The van der Waals surface area contributed by atoms with Crippen molar-refractivity contribution in [1.29, 1.82) is 0 Å². The van der Waals surface area contributed by atoms with Gasteiger partial charge in [-0.2, -0.15) is 0 Å². The fourth-order valence-corrected chi connectivity index (χ4v) is 3.65. The number of hydrogen-bond acceptors (Lipinski definition) is 4. The van der Waals surface area contributed by atoms with Gasteiger partial charge in [0, 0.05) is 27.4 Å². The van der Waals surface area contributed by atoms with Crippen LogP contribution in [-0.4, -0.2) is 42.8 Å². The fourth-order valence-electron chi connectivity index (χ4n) is 1.86.